The normalized spacial score (nSPS) is 20.4. The maximum atomic E-state index is 11.9. The van der Waals surface area contributed by atoms with Gasteiger partial charge in [-0.25, -0.2) is 4.79 Å². The fraction of sp³-hybridized carbons (Fsp3) is 0.833. The van der Waals surface area contributed by atoms with E-state index in [2.05, 4.69) is 5.32 Å². The van der Waals surface area contributed by atoms with E-state index in [0.29, 0.717) is 19.5 Å². The molecule has 2 amide bonds. The number of carboxylic acid groups (broad SMARTS) is 1. The van der Waals surface area contributed by atoms with Crippen molar-refractivity contribution in [1.29, 1.82) is 0 Å². The third-order valence-electron chi connectivity index (χ3n) is 3.37. The summed E-state index contributed by atoms with van der Waals surface area (Å²) in [5.74, 6) is -1.21. The van der Waals surface area contributed by atoms with Gasteiger partial charge in [-0.1, -0.05) is 13.8 Å². The first-order chi connectivity index (χ1) is 8.08. The Kier molecular flexibility index (Phi) is 5.25. The molecule has 0 unspecified atom stereocenters. The van der Waals surface area contributed by atoms with Gasteiger partial charge in [0.15, 0.2) is 0 Å². The molecule has 1 fully saturated rings. The fourth-order valence-electron chi connectivity index (χ4n) is 2.12. The molecule has 0 aliphatic carbocycles. The zero-order chi connectivity index (χ0) is 12.8. The Bertz CT molecular complexity index is 277. The van der Waals surface area contributed by atoms with Crippen molar-refractivity contribution in [2.45, 2.75) is 45.6 Å². The summed E-state index contributed by atoms with van der Waals surface area (Å²) in [5, 5.41) is 11.9. The van der Waals surface area contributed by atoms with E-state index < -0.39 is 11.9 Å². The van der Waals surface area contributed by atoms with Gasteiger partial charge in [0.05, 0.1) is 5.92 Å². The van der Waals surface area contributed by atoms with Crippen LogP contribution in [0.15, 0.2) is 0 Å². The molecule has 0 saturated carbocycles. The molecule has 98 valence electrons. The van der Waals surface area contributed by atoms with Crippen molar-refractivity contribution in [1.82, 2.24) is 10.2 Å². The molecule has 1 aliphatic rings. The third kappa shape index (κ3) is 3.91. The van der Waals surface area contributed by atoms with Gasteiger partial charge in [0.25, 0.3) is 0 Å². The molecule has 0 aromatic rings. The predicted octanol–water partition coefficient (Wildman–Crippen LogP) is 1.68. The number of piperidine rings is 1. The molecule has 17 heavy (non-hydrogen) atoms. The molecule has 2 N–H and O–H groups in total. The topological polar surface area (TPSA) is 69.6 Å². The van der Waals surface area contributed by atoms with E-state index in [9.17, 15) is 9.59 Å². The van der Waals surface area contributed by atoms with Crippen molar-refractivity contribution < 1.29 is 14.7 Å². The third-order valence-corrected chi connectivity index (χ3v) is 3.37. The molecule has 1 saturated heterocycles. The van der Waals surface area contributed by atoms with E-state index in [-0.39, 0.29) is 12.1 Å². The zero-order valence-corrected chi connectivity index (χ0v) is 10.6. The van der Waals surface area contributed by atoms with E-state index in [0.717, 1.165) is 19.3 Å². The maximum Gasteiger partial charge on any atom is 0.317 e. The molecule has 0 radical (unpaired) electrons. The Hall–Kier alpha value is -1.26. The molecule has 0 bridgehead atoms. The van der Waals surface area contributed by atoms with Crippen LogP contribution in [-0.2, 0) is 4.79 Å². The Balaban J connectivity index is 2.48. The van der Waals surface area contributed by atoms with Crippen molar-refractivity contribution in [3.8, 4) is 0 Å². The van der Waals surface area contributed by atoms with Crippen LogP contribution in [0.2, 0.25) is 0 Å². The van der Waals surface area contributed by atoms with Crippen LogP contribution in [0.5, 0.6) is 0 Å². The van der Waals surface area contributed by atoms with Crippen molar-refractivity contribution in [2.24, 2.45) is 5.92 Å². The van der Waals surface area contributed by atoms with Gasteiger partial charge < -0.3 is 15.3 Å². The largest absolute Gasteiger partial charge is 0.481 e. The molecule has 0 aromatic carbocycles. The standard InChI is InChI=1S/C12H22N2O3/c1-3-10(4-2)13-12(17)14-7-5-6-9(8-14)11(15)16/h9-10H,3-8H2,1-2H3,(H,13,17)(H,15,16)/t9-/m0/s1. The van der Waals surface area contributed by atoms with Crippen molar-refractivity contribution >= 4 is 12.0 Å². The van der Waals surface area contributed by atoms with Gasteiger partial charge in [-0.15, -0.1) is 0 Å². The number of rotatable bonds is 4. The van der Waals surface area contributed by atoms with E-state index in [4.69, 9.17) is 5.11 Å². The number of urea groups is 1. The van der Waals surface area contributed by atoms with E-state index in [1.54, 1.807) is 4.90 Å². The number of nitrogens with one attached hydrogen (secondary N) is 1. The van der Waals surface area contributed by atoms with Gasteiger partial charge in [-0.05, 0) is 25.7 Å². The number of carbonyl (C=O) groups excluding carboxylic acids is 1. The average Bonchev–Trinajstić information content (AvgIpc) is 2.35. The lowest BCUT2D eigenvalue weighted by Crippen LogP contribution is -2.49. The van der Waals surface area contributed by atoms with Gasteiger partial charge in [0.2, 0.25) is 0 Å². The number of aliphatic carboxylic acids is 1. The number of nitrogens with zero attached hydrogens (tertiary/aromatic N) is 1. The fourth-order valence-corrected chi connectivity index (χ4v) is 2.12. The Labute approximate surface area is 102 Å². The minimum atomic E-state index is -0.801. The van der Waals surface area contributed by atoms with Crippen LogP contribution in [0.25, 0.3) is 0 Å². The van der Waals surface area contributed by atoms with Gasteiger partial charge in [0.1, 0.15) is 0 Å². The van der Waals surface area contributed by atoms with Gasteiger partial charge in [-0.3, -0.25) is 4.79 Å². The summed E-state index contributed by atoms with van der Waals surface area (Å²) in [6, 6.07) is 0.0670. The lowest BCUT2D eigenvalue weighted by Gasteiger charge is -2.32. The highest BCUT2D eigenvalue weighted by Gasteiger charge is 2.28. The van der Waals surface area contributed by atoms with E-state index >= 15 is 0 Å². The number of likely N-dealkylation sites (tertiary alicyclic amines) is 1. The van der Waals surface area contributed by atoms with E-state index in [1.165, 1.54) is 0 Å². The second kappa shape index (κ2) is 6.47. The van der Waals surface area contributed by atoms with Gasteiger partial charge >= 0.3 is 12.0 Å². The highest BCUT2D eigenvalue weighted by molar-refractivity contribution is 5.76. The Morgan fingerprint density at radius 1 is 1.41 bits per heavy atom. The lowest BCUT2D eigenvalue weighted by atomic mass is 9.98. The molecule has 1 rings (SSSR count). The Morgan fingerprint density at radius 2 is 2.06 bits per heavy atom. The summed E-state index contributed by atoms with van der Waals surface area (Å²) in [4.78, 5) is 24.4. The molecule has 5 heteroatoms. The van der Waals surface area contributed by atoms with Crippen molar-refractivity contribution in [2.75, 3.05) is 13.1 Å². The maximum absolute atomic E-state index is 11.9. The Morgan fingerprint density at radius 3 is 2.59 bits per heavy atom. The first-order valence-electron chi connectivity index (χ1n) is 6.36. The number of carbonyl (C=O) groups is 2. The molecular formula is C12H22N2O3. The minimum Gasteiger partial charge on any atom is -0.481 e. The highest BCUT2D eigenvalue weighted by atomic mass is 16.4. The van der Waals surface area contributed by atoms with Crippen LogP contribution in [0, 0.1) is 5.92 Å². The predicted molar refractivity (Wildman–Crippen MR) is 64.8 cm³/mol. The van der Waals surface area contributed by atoms with Crippen LogP contribution in [0.1, 0.15) is 39.5 Å². The number of carboxylic acids is 1. The van der Waals surface area contributed by atoms with Gasteiger partial charge in [-0.2, -0.15) is 0 Å². The second-order valence-corrected chi connectivity index (χ2v) is 4.59. The monoisotopic (exact) mass is 242 g/mol. The summed E-state index contributed by atoms with van der Waals surface area (Å²) >= 11 is 0. The molecule has 0 spiro atoms. The molecule has 5 nitrogen and oxygen atoms in total. The quantitative estimate of drug-likeness (QED) is 0.788. The van der Waals surface area contributed by atoms with Crippen LogP contribution in [-0.4, -0.2) is 41.1 Å². The zero-order valence-electron chi connectivity index (χ0n) is 10.6. The van der Waals surface area contributed by atoms with Crippen LogP contribution < -0.4 is 5.32 Å². The summed E-state index contributed by atoms with van der Waals surface area (Å²) in [5.41, 5.74) is 0. The number of hydrogen-bond acceptors (Lipinski definition) is 2. The van der Waals surface area contributed by atoms with Crippen LogP contribution in [0.3, 0.4) is 0 Å². The second-order valence-electron chi connectivity index (χ2n) is 4.59. The van der Waals surface area contributed by atoms with Crippen LogP contribution in [0.4, 0.5) is 4.79 Å². The summed E-state index contributed by atoms with van der Waals surface area (Å²) in [7, 11) is 0. The van der Waals surface area contributed by atoms with Crippen LogP contribution >= 0.6 is 0 Å². The number of amides is 2. The molecule has 1 heterocycles. The SMILES string of the molecule is CCC(CC)NC(=O)N1CCC[C@H](C(=O)O)C1. The van der Waals surface area contributed by atoms with Gasteiger partial charge in [0, 0.05) is 19.1 Å². The smallest absolute Gasteiger partial charge is 0.317 e. The highest BCUT2D eigenvalue weighted by Crippen LogP contribution is 2.16. The van der Waals surface area contributed by atoms with Crippen molar-refractivity contribution in [3.05, 3.63) is 0 Å². The average molecular weight is 242 g/mol. The first kappa shape index (κ1) is 13.8. The summed E-state index contributed by atoms with van der Waals surface area (Å²) in [6.07, 6.45) is 3.24. The number of hydrogen-bond donors (Lipinski definition) is 2. The molecule has 0 aromatic heterocycles. The molecule has 1 atom stereocenters. The minimum absolute atomic E-state index is 0.121. The summed E-state index contributed by atoms with van der Waals surface area (Å²) in [6.45, 7) is 5.06. The molecule has 1 aliphatic heterocycles. The summed E-state index contributed by atoms with van der Waals surface area (Å²) < 4.78 is 0. The lowest BCUT2D eigenvalue weighted by molar-refractivity contribution is -0.143. The van der Waals surface area contributed by atoms with Crippen molar-refractivity contribution in [3.63, 3.8) is 0 Å². The first-order valence-corrected chi connectivity index (χ1v) is 6.36. The van der Waals surface area contributed by atoms with E-state index in [1.807, 2.05) is 13.8 Å². The molecular weight excluding hydrogens is 220 g/mol.